The molecule has 0 saturated carbocycles. The molecule has 0 saturated heterocycles. The second-order valence-corrected chi connectivity index (χ2v) is 5.98. The molecule has 2 heterocycles. The zero-order valence-electron chi connectivity index (χ0n) is 13.0. The molecule has 126 valence electrons. The third kappa shape index (κ3) is 4.52. The minimum absolute atomic E-state index is 0. The molecule has 0 aliphatic carbocycles. The molecule has 2 aromatic rings. The van der Waals surface area contributed by atoms with Gasteiger partial charge in [-0.1, -0.05) is 0 Å². The number of hydrogen-bond donors (Lipinski definition) is 2. The summed E-state index contributed by atoms with van der Waals surface area (Å²) in [5.74, 6) is -0.739. The van der Waals surface area contributed by atoms with Gasteiger partial charge in [-0.05, 0) is 26.3 Å². The smallest absolute Gasteiger partial charge is 0.348 e. The first-order valence-electron chi connectivity index (χ1n) is 6.81. The van der Waals surface area contributed by atoms with Crippen LogP contribution in [0.4, 0.5) is 5.82 Å². The zero-order valence-corrected chi connectivity index (χ0v) is 14.6. The molecule has 0 amide bonds. The maximum atomic E-state index is 12.1. The predicted molar refractivity (Wildman–Crippen MR) is 90.7 cm³/mol. The number of thiophene rings is 1. The quantitative estimate of drug-likeness (QED) is 0.764. The van der Waals surface area contributed by atoms with Crippen molar-refractivity contribution in [1.82, 2.24) is 9.97 Å². The standard InChI is InChI=1S/C14H17N3O4S.ClH/c1-7(2)21-14(20)11-8(3)10-12(15-5-4-9(18)19)16-6-17-13(10)22-11;/h6-7H,4-5H2,1-3H3,(H,18,19)(H,15,16,17);1H. The predicted octanol–water partition coefficient (Wildman–Crippen LogP) is 2.87. The number of esters is 1. The SMILES string of the molecule is Cc1c(C(=O)OC(C)C)sc2ncnc(NCCC(=O)O)c12.Cl. The van der Waals surface area contributed by atoms with Crippen LogP contribution in [-0.4, -0.2) is 39.7 Å². The van der Waals surface area contributed by atoms with E-state index in [-0.39, 0.29) is 37.4 Å². The van der Waals surface area contributed by atoms with Gasteiger partial charge in [0.05, 0.1) is 17.9 Å². The Morgan fingerprint density at radius 1 is 1.39 bits per heavy atom. The summed E-state index contributed by atoms with van der Waals surface area (Å²) in [6.45, 7) is 5.64. The van der Waals surface area contributed by atoms with Crippen LogP contribution in [0.5, 0.6) is 0 Å². The van der Waals surface area contributed by atoms with Gasteiger partial charge in [0, 0.05) is 6.54 Å². The van der Waals surface area contributed by atoms with Gasteiger partial charge in [0.25, 0.3) is 0 Å². The second-order valence-electron chi connectivity index (χ2n) is 4.98. The molecule has 2 aromatic heterocycles. The van der Waals surface area contributed by atoms with Gasteiger partial charge >= 0.3 is 11.9 Å². The molecule has 0 bridgehead atoms. The van der Waals surface area contributed by atoms with Crippen molar-refractivity contribution in [2.45, 2.75) is 33.3 Å². The summed E-state index contributed by atoms with van der Waals surface area (Å²) in [4.78, 5) is 32.2. The third-order valence-electron chi connectivity index (χ3n) is 2.89. The number of carboxylic acid groups (broad SMARTS) is 1. The maximum Gasteiger partial charge on any atom is 0.348 e. The minimum Gasteiger partial charge on any atom is -0.481 e. The monoisotopic (exact) mass is 359 g/mol. The zero-order chi connectivity index (χ0) is 16.3. The number of rotatable bonds is 6. The number of fused-ring (bicyclic) bond motifs is 1. The summed E-state index contributed by atoms with van der Waals surface area (Å²) < 4.78 is 5.22. The Labute approximate surface area is 143 Å². The molecule has 7 nitrogen and oxygen atoms in total. The fourth-order valence-electron chi connectivity index (χ4n) is 1.96. The summed E-state index contributed by atoms with van der Waals surface area (Å²) in [7, 11) is 0. The van der Waals surface area contributed by atoms with Crippen molar-refractivity contribution in [1.29, 1.82) is 0 Å². The lowest BCUT2D eigenvalue weighted by Gasteiger charge is -2.07. The maximum absolute atomic E-state index is 12.1. The number of anilines is 1. The Balaban J connectivity index is 0.00000264. The topological polar surface area (TPSA) is 101 Å². The average Bonchev–Trinajstić information content (AvgIpc) is 2.76. The Morgan fingerprint density at radius 3 is 2.70 bits per heavy atom. The van der Waals surface area contributed by atoms with Crippen LogP contribution in [0.2, 0.25) is 0 Å². The van der Waals surface area contributed by atoms with Gasteiger partial charge in [-0.25, -0.2) is 14.8 Å². The number of ether oxygens (including phenoxy) is 1. The summed E-state index contributed by atoms with van der Waals surface area (Å²) in [6, 6.07) is 0. The molecular formula is C14H18ClN3O4S. The number of aromatic nitrogens is 2. The van der Waals surface area contributed by atoms with Crippen LogP contribution in [0.25, 0.3) is 10.2 Å². The number of carbonyl (C=O) groups excluding carboxylic acids is 1. The van der Waals surface area contributed by atoms with Gasteiger partial charge in [-0.3, -0.25) is 4.79 Å². The first kappa shape index (κ1) is 19.1. The summed E-state index contributed by atoms with van der Waals surface area (Å²) in [5.41, 5.74) is 0.740. The van der Waals surface area contributed by atoms with Crippen LogP contribution < -0.4 is 5.32 Å². The number of hydrogen-bond acceptors (Lipinski definition) is 7. The van der Waals surface area contributed by atoms with Crippen molar-refractivity contribution in [3.63, 3.8) is 0 Å². The first-order chi connectivity index (χ1) is 10.4. The number of aliphatic carboxylic acids is 1. The van der Waals surface area contributed by atoms with E-state index in [2.05, 4.69) is 15.3 Å². The highest BCUT2D eigenvalue weighted by Gasteiger charge is 2.21. The number of carboxylic acids is 1. The van der Waals surface area contributed by atoms with Crippen molar-refractivity contribution in [3.8, 4) is 0 Å². The van der Waals surface area contributed by atoms with E-state index in [1.807, 2.05) is 6.92 Å². The van der Waals surface area contributed by atoms with Crippen LogP contribution in [-0.2, 0) is 9.53 Å². The van der Waals surface area contributed by atoms with E-state index in [0.717, 1.165) is 10.9 Å². The van der Waals surface area contributed by atoms with Crippen LogP contribution in [0.15, 0.2) is 6.33 Å². The molecule has 0 atom stereocenters. The molecule has 0 aliphatic rings. The summed E-state index contributed by atoms with van der Waals surface area (Å²) in [5, 5.41) is 12.4. The van der Waals surface area contributed by atoms with E-state index in [1.165, 1.54) is 17.7 Å². The second kappa shape index (κ2) is 8.07. The van der Waals surface area contributed by atoms with Gasteiger partial charge in [0.15, 0.2) is 0 Å². The van der Waals surface area contributed by atoms with Crippen LogP contribution in [0.1, 0.15) is 35.5 Å². The molecule has 2 rings (SSSR count). The number of aryl methyl sites for hydroxylation is 1. The number of carbonyl (C=O) groups is 2. The van der Waals surface area contributed by atoms with Gasteiger partial charge in [-0.2, -0.15) is 0 Å². The minimum atomic E-state index is -0.888. The van der Waals surface area contributed by atoms with Crippen LogP contribution >= 0.6 is 23.7 Å². The van der Waals surface area contributed by atoms with Gasteiger partial charge in [0.2, 0.25) is 0 Å². The fourth-order valence-corrected chi connectivity index (χ4v) is 2.99. The van der Waals surface area contributed by atoms with E-state index >= 15 is 0 Å². The number of nitrogens with one attached hydrogen (secondary N) is 1. The lowest BCUT2D eigenvalue weighted by molar-refractivity contribution is -0.136. The highest BCUT2D eigenvalue weighted by Crippen LogP contribution is 2.33. The molecule has 9 heteroatoms. The van der Waals surface area contributed by atoms with Gasteiger partial charge in [-0.15, -0.1) is 23.7 Å². The van der Waals surface area contributed by atoms with Crippen molar-refractivity contribution >= 4 is 51.7 Å². The Bertz CT molecular complexity index is 717. The molecule has 23 heavy (non-hydrogen) atoms. The molecule has 0 fully saturated rings. The van der Waals surface area contributed by atoms with Gasteiger partial charge < -0.3 is 15.2 Å². The Morgan fingerprint density at radius 2 is 2.09 bits per heavy atom. The third-order valence-corrected chi connectivity index (χ3v) is 4.07. The Hall–Kier alpha value is -1.93. The molecule has 2 N–H and O–H groups in total. The highest BCUT2D eigenvalue weighted by molar-refractivity contribution is 7.20. The van der Waals surface area contributed by atoms with Crippen LogP contribution in [0, 0.1) is 6.92 Å². The average molecular weight is 360 g/mol. The van der Waals surface area contributed by atoms with Crippen molar-refractivity contribution in [3.05, 3.63) is 16.8 Å². The molecule has 0 aromatic carbocycles. The van der Waals surface area contributed by atoms with E-state index in [1.54, 1.807) is 13.8 Å². The van der Waals surface area contributed by atoms with Crippen molar-refractivity contribution in [2.75, 3.05) is 11.9 Å². The molecule has 0 spiro atoms. The van der Waals surface area contributed by atoms with E-state index < -0.39 is 5.97 Å². The largest absolute Gasteiger partial charge is 0.481 e. The summed E-state index contributed by atoms with van der Waals surface area (Å²) in [6.07, 6.45) is 1.17. The van der Waals surface area contributed by atoms with E-state index in [0.29, 0.717) is 15.5 Å². The lowest BCUT2D eigenvalue weighted by atomic mass is 10.2. The molecule has 0 unspecified atom stereocenters. The molecule has 0 radical (unpaired) electrons. The lowest BCUT2D eigenvalue weighted by Crippen LogP contribution is -2.11. The normalized spacial score (nSPS) is 10.4. The summed E-state index contributed by atoms with van der Waals surface area (Å²) >= 11 is 1.25. The Kier molecular flexibility index (Phi) is 6.71. The van der Waals surface area contributed by atoms with E-state index in [4.69, 9.17) is 9.84 Å². The number of halogens is 1. The number of nitrogens with zero attached hydrogens (tertiary/aromatic N) is 2. The molecular weight excluding hydrogens is 342 g/mol. The fraction of sp³-hybridized carbons (Fsp3) is 0.429. The van der Waals surface area contributed by atoms with Gasteiger partial charge in [0.1, 0.15) is 21.9 Å². The van der Waals surface area contributed by atoms with Crippen LogP contribution in [0.3, 0.4) is 0 Å². The van der Waals surface area contributed by atoms with E-state index in [9.17, 15) is 9.59 Å². The first-order valence-corrected chi connectivity index (χ1v) is 7.62. The van der Waals surface area contributed by atoms with Crippen molar-refractivity contribution in [2.24, 2.45) is 0 Å². The molecule has 0 aliphatic heterocycles. The highest BCUT2D eigenvalue weighted by atomic mass is 35.5. The van der Waals surface area contributed by atoms with Crippen molar-refractivity contribution < 1.29 is 19.4 Å².